The molecule has 86 valence electrons. The molecule has 1 aromatic carbocycles. The molecule has 0 saturated carbocycles. The van der Waals surface area contributed by atoms with E-state index in [0.29, 0.717) is 12.2 Å². The number of hydrogen-bond acceptors (Lipinski definition) is 3. The van der Waals surface area contributed by atoms with Gasteiger partial charge in [0.1, 0.15) is 5.58 Å². The van der Waals surface area contributed by atoms with Crippen molar-refractivity contribution < 1.29 is 9.15 Å². The lowest BCUT2D eigenvalue weighted by Crippen LogP contribution is -2.13. The molecule has 4 rings (SSSR count). The van der Waals surface area contributed by atoms with Crippen LogP contribution in [0.2, 0.25) is 0 Å². The second kappa shape index (κ2) is 2.99. The molecule has 0 radical (unpaired) electrons. The van der Waals surface area contributed by atoms with Crippen molar-refractivity contribution in [2.45, 2.75) is 32.0 Å². The zero-order valence-corrected chi connectivity index (χ0v) is 9.53. The number of benzene rings is 1. The van der Waals surface area contributed by atoms with Crippen LogP contribution < -0.4 is 5.63 Å². The third kappa shape index (κ3) is 1.29. The summed E-state index contributed by atoms with van der Waals surface area (Å²) >= 11 is 0. The van der Waals surface area contributed by atoms with Crippen LogP contribution in [0.1, 0.15) is 16.7 Å². The first-order valence-electron chi connectivity index (χ1n) is 5.93. The molecule has 1 aliphatic carbocycles. The lowest BCUT2D eigenvalue weighted by molar-refractivity contribution is 0.375. The van der Waals surface area contributed by atoms with Crippen molar-refractivity contribution in [2.24, 2.45) is 0 Å². The van der Waals surface area contributed by atoms with Gasteiger partial charge in [-0.2, -0.15) is 0 Å². The van der Waals surface area contributed by atoms with Gasteiger partial charge >= 0.3 is 5.63 Å². The van der Waals surface area contributed by atoms with Crippen LogP contribution >= 0.6 is 0 Å². The summed E-state index contributed by atoms with van der Waals surface area (Å²) in [6, 6.07) is 5.74. The van der Waals surface area contributed by atoms with Crippen molar-refractivity contribution in [3.63, 3.8) is 0 Å². The van der Waals surface area contributed by atoms with E-state index in [1.807, 2.05) is 6.92 Å². The first kappa shape index (κ1) is 9.42. The molecule has 3 nitrogen and oxygen atoms in total. The zero-order chi connectivity index (χ0) is 11.6. The summed E-state index contributed by atoms with van der Waals surface area (Å²) in [5, 5.41) is 1.04. The molecule has 1 aliphatic heterocycles. The number of hydrogen-bond donors (Lipinski definition) is 0. The van der Waals surface area contributed by atoms with Crippen LogP contribution in [-0.2, 0) is 17.6 Å². The quantitative estimate of drug-likeness (QED) is 0.511. The highest BCUT2D eigenvalue weighted by Gasteiger charge is 2.43. The average molecular weight is 228 g/mol. The topological polar surface area (TPSA) is 42.7 Å². The van der Waals surface area contributed by atoms with Crippen LogP contribution in [0.25, 0.3) is 11.0 Å². The Balaban J connectivity index is 2.08. The van der Waals surface area contributed by atoms with E-state index in [9.17, 15) is 4.79 Å². The van der Waals surface area contributed by atoms with Crippen molar-refractivity contribution >= 4 is 11.0 Å². The molecule has 0 bridgehead atoms. The Hall–Kier alpha value is -1.61. The minimum Gasteiger partial charge on any atom is -0.422 e. The number of aryl methyl sites for hydroxylation is 1. The molecule has 3 heteroatoms. The molecular formula is C14H12O3. The molecule has 0 N–H and O–H groups in total. The zero-order valence-electron chi connectivity index (χ0n) is 9.53. The van der Waals surface area contributed by atoms with Gasteiger partial charge in [-0.3, -0.25) is 0 Å². The molecular weight excluding hydrogens is 216 g/mol. The van der Waals surface area contributed by atoms with Crippen LogP contribution in [0.3, 0.4) is 0 Å². The van der Waals surface area contributed by atoms with Gasteiger partial charge in [-0.25, -0.2) is 4.79 Å². The minimum absolute atomic E-state index is 0.262. The molecule has 2 aromatic rings. The summed E-state index contributed by atoms with van der Waals surface area (Å²) in [4.78, 5) is 11.5. The number of ether oxygens (including phenoxy) is 1. The molecule has 1 fully saturated rings. The molecule has 2 aliphatic rings. The van der Waals surface area contributed by atoms with Gasteiger partial charge in [0.05, 0.1) is 12.2 Å². The standard InChI is InChI=1S/C14H12O3/c1-7-4-13(15)17-14-9(7)3-2-8-5-11-12(16-11)6-10(8)14/h2-4,11-12H,5-6H2,1H3. The molecule has 0 spiro atoms. The van der Waals surface area contributed by atoms with Gasteiger partial charge in [0, 0.05) is 29.9 Å². The van der Waals surface area contributed by atoms with Crippen molar-refractivity contribution in [3.05, 3.63) is 45.3 Å². The first-order valence-corrected chi connectivity index (χ1v) is 5.93. The second-order valence-corrected chi connectivity index (χ2v) is 4.95. The van der Waals surface area contributed by atoms with Crippen molar-refractivity contribution in [1.29, 1.82) is 0 Å². The Kier molecular flexibility index (Phi) is 1.66. The third-order valence-corrected chi connectivity index (χ3v) is 3.83. The Morgan fingerprint density at radius 1 is 1.24 bits per heavy atom. The normalized spacial score (nSPS) is 25.5. The van der Waals surface area contributed by atoms with Gasteiger partial charge in [0.15, 0.2) is 0 Å². The smallest absolute Gasteiger partial charge is 0.336 e. The largest absolute Gasteiger partial charge is 0.422 e. The highest BCUT2D eigenvalue weighted by molar-refractivity contribution is 5.84. The van der Waals surface area contributed by atoms with Crippen molar-refractivity contribution in [2.75, 3.05) is 0 Å². The predicted molar refractivity (Wildman–Crippen MR) is 63.3 cm³/mol. The van der Waals surface area contributed by atoms with Crippen LogP contribution in [0.5, 0.6) is 0 Å². The van der Waals surface area contributed by atoms with E-state index in [1.165, 1.54) is 11.1 Å². The molecule has 2 unspecified atom stereocenters. The molecule has 0 amide bonds. The van der Waals surface area contributed by atoms with E-state index >= 15 is 0 Å². The summed E-state index contributed by atoms with van der Waals surface area (Å²) in [6.45, 7) is 1.95. The number of rotatable bonds is 0. The first-order chi connectivity index (χ1) is 8.22. The van der Waals surface area contributed by atoms with E-state index in [1.54, 1.807) is 6.07 Å². The summed E-state index contributed by atoms with van der Waals surface area (Å²) in [6.07, 6.45) is 2.58. The highest BCUT2D eigenvalue weighted by atomic mass is 16.6. The van der Waals surface area contributed by atoms with Gasteiger partial charge in [0.2, 0.25) is 0 Å². The van der Waals surface area contributed by atoms with Gasteiger partial charge in [-0.1, -0.05) is 12.1 Å². The summed E-state index contributed by atoms with van der Waals surface area (Å²) in [5.74, 6) is 0. The number of epoxide rings is 1. The molecule has 1 aromatic heterocycles. The van der Waals surface area contributed by atoms with Crippen LogP contribution in [-0.4, -0.2) is 12.2 Å². The predicted octanol–water partition coefficient (Wildman–Crippen LogP) is 1.97. The van der Waals surface area contributed by atoms with Crippen LogP contribution in [0.15, 0.2) is 27.4 Å². The van der Waals surface area contributed by atoms with E-state index in [-0.39, 0.29) is 5.63 Å². The maximum absolute atomic E-state index is 11.5. The van der Waals surface area contributed by atoms with Gasteiger partial charge in [0.25, 0.3) is 0 Å². The third-order valence-electron chi connectivity index (χ3n) is 3.83. The second-order valence-electron chi connectivity index (χ2n) is 4.95. The maximum atomic E-state index is 11.5. The summed E-state index contributed by atoms with van der Waals surface area (Å²) in [7, 11) is 0. The van der Waals surface area contributed by atoms with Crippen molar-refractivity contribution in [1.82, 2.24) is 0 Å². The summed E-state index contributed by atoms with van der Waals surface area (Å²) < 4.78 is 10.9. The van der Waals surface area contributed by atoms with Crippen LogP contribution in [0, 0.1) is 6.92 Å². The fourth-order valence-electron chi connectivity index (χ4n) is 2.85. The lowest BCUT2D eigenvalue weighted by atomic mass is 9.89. The molecule has 2 atom stereocenters. The lowest BCUT2D eigenvalue weighted by Gasteiger charge is -2.14. The Morgan fingerprint density at radius 3 is 2.94 bits per heavy atom. The molecule has 1 saturated heterocycles. The van der Waals surface area contributed by atoms with Gasteiger partial charge in [-0.05, 0) is 18.1 Å². The Labute approximate surface area is 98.0 Å². The Morgan fingerprint density at radius 2 is 2.06 bits per heavy atom. The number of fused-ring (bicyclic) bond motifs is 4. The van der Waals surface area contributed by atoms with Crippen LogP contribution in [0.4, 0.5) is 0 Å². The van der Waals surface area contributed by atoms with E-state index < -0.39 is 0 Å². The highest BCUT2D eigenvalue weighted by Crippen LogP contribution is 2.38. The Bertz CT molecular complexity index is 684. The fourth-order valence-corrected chi connectivity index (χ4v) is 2.85. The molecule has 17 heavy (non-hydrogen) atoms. The van der Waals surface area contributed by atoms with Crippen molar-refractivity contribution in [3.8, 4) is 0 Å². The summed E-state index contributed by atoms with van der Waals surface area (Å²) in [5.41, 5.74) is 3.92. The monoisotopic (exact) mass is 228 g/mol. The van der Waals surface area contributed by atoms with E-state index in [4.69, 9.17) is 9.15 Å². The maximum Gasteiger partial charge on any atom is 0.336 e. The van der Waals surface area contributed by atoms with E-state index in [2.05, 4.69) is 12.1 Å². The van der Waals surface area contributed by atoms with Gasteiger partial charge < -0.3 is 9.15 Å². The van der Waals surface area contributed by atoms with Gasteiger partial charge in [-0.15, -0.1) is 0 Å². The minimum atomic E-state index is -0.262. The van der Waals surface area contributed by atoms with E-state index in [0.717, 1.165) is 29.4 Å². The SMILES string of the molecule is Cc1cc(=O)oc2c3c(ccc12)CC1OC1C3. The average Bonchev–Trinajstić information content (AvgIpc) is 3.03. The fraction of sp³-hybridized carbons (Fsp3) is 0.357. The molecule has 2 heterocycles.